The van der Waals surface area contributed by atoms with E-state index in [2.05, 4.69) is 12.1 Å². The summed E-state index contributed by atoms with van der Waals surface area (Å²) < 4.78 is 5.55. The highest BCUT2D eigenvalue weighted by Crippen LogP contribution is 2.28. The first-order valence-electron chi connectivity index (χ1n) is 6.84. The summed E-state index contributed by atoms with van der Waals surface area (Å²) in [5.74, 6) is 0. The Morgan fingerprint density at radius 1 is 1.22 bits per heavy atom. The molecule has 2 aliphatic heterocycles. The van der Waals surface area contributed by atoms with E-state index in [1.54, 1.807) is 0 Å². The Morgan fingerprint density at radius 2 is 2.06 bits per heavy atom. The maximum Gasteiger partial charge on any atom is 0.410 e. The Kier molecular flexibility index (Phi) is 3.22. The summed E-state index contributed by atoms with van der Waals surface area (Å²) in [6.07, 6.45) is 5.28. The molecule has 0 bridgehead atoms. The van der Waals surface area contributed by atoms with Crippen LogP contribution in [-0.2, 0) is 11.2 Å². The van der Waals surface area contributed by atoms with Crippen LogP contribution in [0.5, 0.6) is 0 Å². The molecule has 0 saturated carbocycles. The van der Waals surface area contributed by atoms with Crippen molar-refractivity contribution in [2.45, 2.75) is 44.2 Å². The number of nitrogens with zero attached hydrogens (tertiary/aromatic N) is 1. The summed E-state index contributed by atoms with van der Waals surface area (Å²) in [6, 6.07) is 10.7. The average Bonchev–Trinajstić information content (AvgIpc) is 2.40. The minimum Gasteiger partial charge on any atom is -0.446 e. The van der Waals surface area contributed by atoms with E-state index in [1.165, 1.54) is 12.0 Å². The van der Waals surface area contributed by atoms with Gasteiger partial charge in [0.25, 0.3) is 0 Å². The number of rotatable bonds is 2. The van der Waals surface area contributed by atoms with Crippen molar-refractivity contribution < 1.29 is 9.53 Å². The van der Waals surface area contributed by atoms with E-state index in [9.17, 15) is 4.79 Å². The molecule has 1 amide bonds. The van der Waals surface area contributed by atoms with E-state index in [1.807, 2.05) is 23.1 Å². The van der Waals surface area contributed by atoms with Gasteiger partial charge < -0.3 is 9.64 Å². The molecule has 0 spiro atoms. The molecule has 3 rings (SSSR count). The van der Waals surface area contributed by atoms with E-state index in [-0.39, 0.29) is 12.2 Å². The number of piperidine rings is 1. The van der Waals surface area contributed by atoms with Crippen LogP contribution in [0.15, 0.2) is 30.3 Å². The maximum absolute atomic E-state index is 11.9. The van der Waals surface area contributed by atoms with E-state index >= 15 is 0 Å². The second-order valence-electron chi connectivity index (χ2n) is 5.27. The monoisotopic (exact) mass is 245 g/mol. The molecule has 2 heterocycles. The number of hydrogen-bond acceptors (Lipinski definition) is 2. The van der Waals surface area contributed by atoms with Crippen LogP contribution < -0.4 is 0 Å². The highest BCUT2D eigenvalue weighted by molar-refractivity contribution is 5.69. The second kappa shape index (κ2) is 5.01. The van der Waals surface area contributed by atoms with Gasteiger partial charge in [0.05, 0.1) is 0 Å². The minimum absolute atomic E-state index is 0.0549. The molecule has 18 heavy (non-hydrogen) atoms. The van der Waals surface area contributed by atoms with E-state index in [0.29, 0.717) is 6.04 Å². The van der Waals surface area contributed by atoms with Gasteiger partial charge in [0.1, 0.15) is 6.10 Å². The predicted molar refractivity (Wildman–Crippen MR) is 69.4 cm³/mol. The quantitative estimate of drug-likeness (QED) is 0.801. The third kappa shape index (κ3) is 2.35. The first-order chi connectivity index (χ1) is 8.83. The largest absolute Gasteiger partial charge is 0.446 e. The van der Waals surface area contributed by atoms with Gasteiger partial charge in [0.2, 0.25) is 0 Å². The zero-order chi connectivity index (χ0) is 12.4. The van der Waals surface area contributed by atoms with Crippen LogP contribution in [0.25, 0.3) is 0 Å². The number of hydrogen-bond donors (Lipinski definition) is 0. The van der Waals surface area contributed by atoms with Gasteiger partial charge in [-0.1, -0.05) is 30.3 Å². The Bertz CT molecular complexity index is 418. The Balaban J connectivity index is 1.66. The molecule has 3 nitrogen and oxygen atoms in total. The van der Waals surface area contributed by atoms with Gasteiger partial charge in [-0.25, -0.2) is 4.79 Å². The molecule has 2 fully saturated rings. The van der Waals surface area contributed by atoms with Crippen LogP contribution in [0.4, 0.5) is 4.79 Å². The minimum atomic E-state index is -0.105. The van der Waals surface area contributed by atoms with Crippen molar-refractivity contribution in [1.29, 1.82) is 0 Å². The van der Waals surface area contributed by atoms with Crippen LogP contribution in [0.1, 0.15) is 31.2 Å². The van der Waals surface area contributed by atoms with Crippen LogP contribution >= 0.6 is 0 Å². The molecular formula is C15H19NO2. The molecule has 0 unspecified atom stereocenters. The number of fused-ring (bicyclic) bond motifs is 1. The molecular weight excluding hydrogens is 226 g/mol. The van der Waals surface area contributed by atoms with Gasteiger partial charge in [-0.05, 0) is 24.8 Å². The van der Waals surface area contributed by atoms with Gasteiger partial charge in [-0.2, -0.15) is 0 Å². The molecule has 2 aliphatic rings. The fourth-order valence-corrected chi connectivity index (χ4v) is 3.05. The smallest absolute Gasteiger partial charge is 0.410 e. The fraction of sp³-hybridized carbons (Fsp3) is 0.533. The number of carbonyl (C=O) groups excluding carboxylic acids is 1. The third-order valence-corrected chi connectivity index (χ3v) is 3.97. The lowest BCUT2D eigenvalue weighted by Gasteiger charge is -2.41. The second-order valence-corrected chi connectivity index (χ2v) is 5.27. The van der Waals surface area contributed by atoms with E-state index in [4.69, 9.17) is 4.74 Å². The first-order valence-corrected chi connectivity index (χ1v) is 6.84. The van der Waals surface area contributed by atoms with Crippen molar-refractivity contribution in [2.75, 3.05) is 6.54 Å². The highest BCUT2D eigenvalue weighted by Gasteiger charge is 2.36. The summed E-state index contributed by atoms with van der Waals surface area (Å²) in [6.45, 7) is 0.877. The molecule has 0 radical (unpaired) electrons. The van der Waals surface area contributed by atoms with Crippen LogP contribution in [0.2, 0.25) is 0 Å². The Morgan fingerprint density at radius 3 is 2.89 bits per heavy atom. The third-order valence-electron chi connectivity index (χ3n) is 3.97. The molecule has 0 N–H and O–H groups in total. The van der Waals surface area contributed by atoms with Gasteiger partial charge >= 0.3 is 6.09 Å². The summed E-state index contributed by atoms with van der Waals surface area (Å²) >= 11 is 0. The standard InChI is InChI=1S/C15H19NO2/c17-15-16-9-5-4-8-13(16)11-14(18-15)10-12-6-2-1-3-7-12/h1-3,6-7,13-14H,4-5,8-11H2/t13-,14+/m0/s1. The van der Waals surface area contributed by atoms with Crippen molar-refractivity contribution >= 4 is 6.09 Å². The normalized spacial score (nSPS) is 27.6. The molecule has 3 heteroatoms. The lowest BCUT2D eigenvalue weighted by molar-refractivity contribution is -0.0123. The van der Waals surface area contributed by atoms with Gasteiger partial charge in [-0.15, -0.1) is 0 Å². The molecule has 96 valence electrons. The number of carbonyl (C=O) groups is 1. The maximum atomic E-state index is 11.9. The summed E-state index contributed by atoms with van der Waals surface area (Å²) in [5, 5.41) is 0. The van der Waals surface area contributed by atoms with Crippen LogP contribution in [0, 0.1) is 0 Å². The Hall–Kier alpha value is -1.51. The van der Waals surface area contributed by atoms with Crippen LogP contribution in [-0.4, -0.2) is 29.7 Å². The number of amides is 1. The summed E-state index contributed by atoms with van der Waals surface area (Å²) in [5.41, 5.74) is 1.25. The lowest BCUT2D eigenvalue weighted by Crippen LogP contribution is -2.51. The zero-order valence-electron chi connectivity index (χ0n) is 10.5. The number of cyclic esters (lactones) is 1. The van der Waals surface area contributed by atoms with Crippen molar-refractivity contribution in [3.63, 3.8) is 0 Å². The van der Waals surface area contributed by atoms with Gasteiger partial charge in [0, 0.05) is 25.4 Å². The Labute approximate surface area is 108 Å². The summed E-state index contributed by atoms with van der Waals surface area (Å²) in [7, 11) is 0. The van der Waals surface area contributed by atoms with Crippen molar-refractivity contribution in [3.8, 4) is 0 Å². The van der Waals surface area contributed by atoms with Gasteiger partial charge in [-0.3, -0.25) is 0 Å². The fourth-order valence-electron chi connectivity index (χ4n) is 3.05. The van der Waals surface area contributed by atoms with Crippen LogP contribution in [0.3, 0.4) is 0 Å². The highest BCUT2D eigenvalue weighted by atomic mass is 16.6. The molecule has 2 atom stereocenters. The first kappa shape index (κ1) is 11.6. The van der Waals surface area contributed by atoms with Crippen molar-refractivity contribution in [3.05, 3.63) is 35.9 Å². The number of benzene rings is 1. The summed E-state index contributed by atoms with van der Waals surface area (Å²) in [4.78, 5) is 13.9. The number of ether oxygens (including phenoxy) is 1. The van der Waals surface area contributed by atoms with Crippen molar-refractivity contribution in [2.24, 2.45) is 0 Å². The SMILES string of the molecule is O=C1O[C@H](Cc2ccccc2)C[C@@H]2CCCCN12. The molecule has 1 aromatic rings. The molecule has 2 saturated heterocycles. The van der Waals surface area contributed by atoms with Gasteiger partial charge in [0.15, 0.2) is 0 Å². The van der Waals surface area contributed by atoms with E-state index < -0.39 is 0 Å². The van der Waals surface area contributed by atoms with Crippen molar-refractivity contribution in [1.82, 2.24) is 4.90 Å². The predicted octanol–water partition coefficient (Wildman–Crippen LogP) is 2.99. The van der Waals surface area contributed by atoms with E-state index in [0.717, 1.165) is 32.2 Å². The lowest BCUT2D eigenvalue weighted by atomic mass is 9.93. The molecule has 1 aromatic carbocycles. The molecule has 0 aliphatic carbocycles. The molecule has 0 aromatic heterocycles. The average molecular weight is 245 g/mol. The zero-order valence-corrected chi connectivity index (χ0v) is 10.5. The topological polar surface area (TPSA) is 29.5 Å².